The lowest BCUT2D eigenvalue weighted by Crippen LogP contribution is -2.04. The predicted octanol–water partition coefficient (Wildman–Crippen LogP) is 2.15. The van der Waals surface area contributed by atoms with Gasteiger partial charge in [0.05, 0.1) is 6.61 Å². The van der Waals surface area contributed by atoms with Crippen LogP contribution in [-0.4, -0.2) is 22.0 Å². The Kier molecular flexibility index (Phi) is 5.07. The maximum absolute atomic E-state index is 11.3. The fourth-order valence-electron chi connectivity index (χ4n) is 1.47. The zero-order chi connectivity index (χ0) is 13.7. The number of aliphatic hydroxyl groups is 1. The molecule has 0 aromatic heterocycles. The van der Waals surface area contributed by atoms with Crippen LogP contribution in [-0.2, 0) is 16.2 Å². The molecule has 4 nitrogen and oxygen atoms in total. The highest BCUT2D eigenvalue weighted by atomic mass is 35.5. The topological polar surface area (TPSA) is 74.6 Å². The Balaban J connectivity index is 3.24. The van der Waals surface area contributed by atoms with Gasteiger partial charge in [-0.3, -0.25) is 4.79 Å². The average Bonchev–Trinajstić information content (AvgIpc) is 2.35. The number of ketones is 1. The van der Waals surface area contributed by atoms with Gasteiger partial charge < -0.3 is 10.2 Å². The standard InChI is InChI=1S/C13H13ClO4/c1-8(16)13(14)11-6-9(7-15)2-3-10(11)4-5-12(17)18/h2-6,13,15H,7H2,1H3,(H,17,18). The number of carbonyl (C=O) groups excluding carboxylic acids is 1. The largest absolute Gasteiger partial charge is 0.478 e. The predicted molar refractivity (Wildman–Crippen MR) is 68.3 cm³/mol. The van der Waals surface area contributed by atoms with E-state index in [0.29, 0.717) is 16.7 Å². The molecule has 1 atom stereocenters. The molecule has 1 rings (SSSR count). The number of carboxylic acid groups (broad SMARTS) is 1. The molecule has 0 saturated carbocycles. The molecule has 0 aliphatic heterocycles. The van der Waals surface area contributed by atoms with Gasteiger partial charge in [-0.25, -0.2) is 4.79 Å². The van der Waals surface area contributed by atoms with Crippen LogP contribution in [0.2, 0.25) is 0 Å². The minimum atomic E-state index is -1.08. The molecule has 0 fully saturated rings. The number of benzene rings is 1. The second-order valence-corrected chi connectivity index (χ2v) is 4.20. The molecule has 18 heavy (non-hydrogen) atoms. The van der Waals surface area contributed by atoms with E-state index in [9.17, 15) is 9.59 Å². The van der Waals surface area contributed by atoms with E-state index in [-0.39, 0.29) is 12.4 Å². The molecule has 0 saturated heterocycles. The second kappa shape index (κ2) is 6.33. The van der Waals surface area contributed by atoms with Gasteiger partial charge in [-0.05, 0) is 29.7 Å². The van der Waals surface area contributed by atoms with Crippen LogP contribution in [0.1, 0.15) is 29.0 Å². The summed E-state index contributed by atoms with van der Waals surface area (Å²) < 4.78 is 0. The maximum atomic E-state index is 11.3. The fraction of sp³-hybridized carbons (Fsp3) is 0.231. The monoisotopic (exact) mass is 268 g/mol. The molecule has 0 amide bonds. The number of carbonyl (C=O) groups is 2. The summed E-state index contributed by atoms with van der Waals surface area (Å²) in [6, 6.07) is 4.87. The number of hydrogen-bond acceptors (Lipinski definition) is 3. The van der Waals surface area contributed by atoms with Gasteiger partial charge in [0, 0.05) is 6.08 Å². The van der Waals surface area contributed by atoms with Crippen LogP contribution in [0, 0.1) is 0 Å². The van der Waals surface area contributed by atoms with Crippen molar-refractivity contribution >= 4 is 29.4 Å². The highest BCUT2D eigenvalue weighted by molar-refractivity contribution is 6.31. The molecular weight excluding hydrogens is 256 g/mol. The molecule has 96 valence electrons. The van der Waals surface area contributed by atoms with Crippen LogP contribution in [0.15, 0.2) is 24.3 Å². The lowest BCUT2D eigenvalue weighted by molar-refractivity contribution is -0.131. The number of hydrogen-bond donors (Lipinski definition) is 2. The molecule has 1 unspecified atom stereocenters. The molecule has 0 aliphatic rings. The third-order valence-electron chi connectivity index (χ3n) is 2.37. The summed E-state index contributed by atoms with van der Waals surface area (Å²) >= 11 is 5.98. The van der Waals surface area contributed by atoms with E-state index < -0.39 is 11.3 Å². The first kappa shape index (κ1) is 14.4. The van der Waals surface area contributed by atoms with Gasteiger partial charge in [0.15, 0.2) is 5.78 Å². The van der Waals surface area contributed by atoms with Crippen LogP contribution in [0.25, 0.3) is 6.08 Å². The Bertz CT molecular complexity index is 494. The Morgan fingerprint density at radius 1 is 1.44 bits per heavy atom. The first-order chi connectivity index (χ1) is 8.45. The van der Waals surface area contributed by atoms with Gasteiger partial charge in [-0.15, -0.1) is 11.6 Å². The van der Waals surface area contributed by atoms with Crippen molar-refractivity contribution in [1.29, 1.82) is 0 Å². The third kappa shape index (κ3) is 3.68. The van der Waals surface area contributed by atoms with Crippen molar-refractivity contribution in [1.82, 2.24) is 0 Å². The summed E-state index contributed by atoms with van der Waals surface area (Å²) in [7, 11) is 0. The van der Waals surface area contributed by atoms with Crippen molar-refractivity contribution in [2.24, 2.45) is 0 Å². The third-order valence-corrected chi connectivity index (χ3v) is 2.91. The molecule has 2 N–H and O–H groups in total. The SMILES string of the molecule is CC(=O)C(Cl)c1cc(CO)ccc1C=CC(=O)O. The van der Waals surface area contributed by atoms with Gasteiger partial charge in [0.2, 0.25) is 0 Å². The van der Waals surface area contributed by atoms with Crippen LogP contribution in [0.3, 0.4) is 0 Å². The minimum Gasteiger partial charge on any atom is -0.478 e. The van der Waals surface area contributed by atoms with Crippen LogP contribution in [0.5, 0.6) is 0 Å². The molecule has 1 aromatic carbocycles. The zero-order valence-corrected chi connectivity index (χ0v) is 10.5. The van der Waals surface area contributed by atoms with Gasteiger partial charge in [-0.2, -0.15) is 0 Å². The molecule has 0 heterocycles. The summed E-state index contributed by atoms with van der Waals surface area (Å²) in [5, 5.41) is 16.8. The van der Waals surface area contributed by atoms with E-state index >= 15 is 0 Å². The van der Waals surface area contributed by atoms with E-state index in [1.807, 2.05) is 0 Å². The lowest BCUT2D eigenvalue weighted by atomic mass is 9.99. The summed E-state index contributed by atoms with van der Waals surface area (Å²) in [5.74, 6) is -1.32. The second-order valence-electron chi connectivity index (χ2n) is 3.77. The van der Waals surface area contributed by atoms with Crippen molar-refractivity contribution in [2.75, 3.05) is 0 Å². The number of halogens is 1. The molecule has 0 spiro atoms. The number of carboxylic acids is 1. The highest BCUT2D eigenvalue weighted by Gasteiger charge is 2.16. The highest BCUT2D eigenvalue weighted by Crippen LogP contribution is 2.27. The van der Waals surface area contributed by atoms with E-state index in [4.69, 9.17) is 21.8 Å². The van der Waals surface area contributed by atoms with E-state index in [2.05, 4.69) is 0 Å². The molecule has 0 aliphatic carbocycles. The smallest absolute Gasteiger partial charge is 0.328 e. The van der Waals surface area contributed by atoms with E-state index in [1.54, 1.807) is 18.2 Å². The zero-order valence-electron chi connectivity index (χ0n) is 9.76. The normalized spacial score (nSPS) is 12.6. The molecule has 0 radical (unpaired) electrons. The van der Waals surface area contributed by atoms with Gasteiger partial charge in [0.25, 0.3) is 0 Å². The van der Waals surface area contributed by atoms with Crippen molar-refractivity contribution < 1.29 is 19.8 Å². The average molecular weight is 269 g/mol. The summed E-state index contributed by atoms with van der Waals surface area (Å²) in [4.78, 5) is 21.8. The first-order valence-corrected chi connectivity index (χ1v) is 5.68. The number of rotatable bonds is 5. The summed E-state index contributed by atoms with van der Waals surface area (Å²) in [6.45, 7) is 1.19. The van der Waals surface area contributed by atoms with Crippen molar-refractivity contribution in [3.8, 4) is 0 Å². The van der Waals surface area contributed by atoms with Crippen molar-refractivity contribution in [3.05, 3.63) is 41.0 Å². The first-order valence-electron chi connectivity index (χ1n) is 5.25. The minimum absolute atomic E-state index is 0.169. The Hall–Kier alpha value is -1.65. The lowest BCUT2D eigenvalue weighted by Gasteiger charge is -2.11. The van der Waals surface area contributed by atoms with Crippen molar-refractivity contribution in [2.45, 2.75) is 18.9 Å². The Morgan fingerprint density at radius 3 is 2.61 bits per heavy atom. The molecule has 0 bridgehead atoms. The number of aliphatic carboxylic acids is 1. The van der Waals surface area contributed by atoms with Crippen LogP contribution in [0.4, 0.5) is 0 Å². The number of alkyl halides is 1. The quantitative estimate of drug-likeness (QED) is 0.634. The molecular formula is C13H13ClO4. The van der Waals surface area contributed by atoms with Crippen molar-refractivity contribution in [3.63, 3.8) is 0 Å². The van der Waals surface area contributed by atoms with Crippen LogP contribution >= 0.6 is 11.6 Å². The van der Waals surface area contributed by atoms with Crippen LogP contribution < -0.4 is 0 Å². The molecule has 5 heteroatoms. The summed E-state index contributed by atoms with van der Waals surface area (Å²) in [5.41, 5.74) is 1.65. The maximum Gasteiger partial charge on any atom is 0.328 e. The van der Waals surface area contributed by atoms with E-state index in [0.717, 1.165) is 6.08 Å². The van der Waals surface area contributed by atoms with Gasteiger partial charge >= 0.3 is 5.97 Å². The number of aliphatic hydroxyl groups excluding tert-OH is 1. The molecule has 1 aromatic rings. The van der Waals surface area contributed by atoms with Gasteiger partial charge in [0.1, 0.15) is 5.38 Å². The van der Waals surface area contributed by atoms with Gasteiger partial charge in [-0.1, -0.05) is 18.2 Å². The summed E-state index contributed by atoms with van der Waals surface area (Å²) in [6.07, 6.45) is 2.35. The Morgan fingerprint density at radius 2 is 2.11 bits per heavy atom. The number of Topliss-reactive ketones (excluding diaryl/α,β-unsaturated/α-hetero) is 1. The van der Waals surface area contributed by atoms with E-state index in [1.165, 1.54) is 13.0 Å². The Labute approximate surface area is 110 Å². The fourth-order valence-corrected chi connectivity index (χ4v) is 1.66.